The van der Waals surface area contributed by atoms with Crippen LogP contribution in [-0.4, -0.2) is 34.8 Å². The van der Waals surface area contributed by atoms with E-state index in [9.17, 15) is 9.59 Å². The summed E-state index contributed by atoms with van der Waals surface area (Å²) in [7, 11) is 0. The molecule has 2 amide bonds. The van der Waals surface area contributed by atoms with E-state index >= 15 is 0 Å². The molecule has 3 aromatic rings. The van der Waals surface area contributed by atoms with Crippen LogP contribution in [0.2, 0.25) is 0 Å². The van der Waals surface area contributed by atoms with Crippen molar-refractivity contribution in [2.45, 2.75) is 32.6 Å². The molecule has 1 N–H and O–H groups in total. The van der Waals surface area contributed by atoms with Crippen LogP contribution in [-0.2, 0) is 4.79 Å². The molecular formula is C23H25N3O3S. The molecule has 0 bridgehead atoms. The summed E-state index contributed by atoms with van der Waals surface area (Å²) in [6.07, 6.45) is 4.24. The van der Waals surface area contributed by atoms with E-state index in [2.05, 4.69) is 19.2 Å². The number of benzene rings is 1. The quantitative estimate of drug-likeness (QED) is 0.625. The Kier molecular flexibility index (Phi) is 5.99. The first kappa shape index (κ1) is 20.3. The molecule has 0 unspecified atom stereocenters. The van der Waals surface area contributed by atoms with Crippen LogP contribution in [0, 0.1) is 5.92 Å². The smallest absolute Gasteiger partial charge is 0.257 e. The third kappa shape index (κ3) is 4.31. The first-order valence-corrected chi connectivity index (χ1v) is 11.0. The zero-order valence-electron chi connectivity index (χ0n) is 17.1. The molecule has 2 aromatic heterocycles. The fraction of sp³-hybridized carbons (Fsp3) is 0.348. The molecule has 1 aliphatic rings. The zero-order valence-corrected chi connectivity index (χ0v) is 17.9. The second kappa shape index (κ2) is 8.83. The summed E-state index contributed by atoms with van der Waals surface area (Å²) in [6, 6.07) is 11.7. The number of nitrogens with zero attached hydrogens (tertiary/aromatic N) is 2. The monoisotopic (exact) mass is 423 g/mol. The molecule has 0 atom stereocenters. The summed E-state index contributed by atoms with van der Waals surface area (Å²) in [5.41, 5.74) is 2.55. The van der Waals surface area contributed by atoms with Crippen molar-refractivity contribution in [2.75, 3.05) is 18.4 Å². The molecule has 7 heteroatoms. The maximum atomic E-state index is 12.8. The molecule has 0 aliphatic carbocycles. The van der Waals surface area contributed by atoms with Gasteiger partial charge in [0.1, 0.15) is 6.26 Å². The van der Waals surface area contributed by atoms with Crippen molar-refractivity contribution in [1.29, 1.82) is 0 Å². The Morgan fingerprint density at radius 2 is 1.90 bits per heavy atom. The number of furan rings is 1. The fourth-order valence-electron chi connectivity index (χ4n) is 3.70. The van der Waals surface area contributed by atoms with Gasteiger partial charge in [0, 0.05) is 29.4 Å². The van der Waals surface area contributed by atoms with E-state index in [1.54, 1.807) is 22.3 Å². The predicted octanol–water partition coefficient (Wildman–Crippen LogP) is 5.02. The van der Waals surface area contributed by atoms with E-state index in [-0.39, 0.29) is 17.7 Å². The van der Waals surface area contributed by atoms with Gasteiger partial charge in [-0.1, -0.05) is 44.2 Å². The number of aromatic nitrogens is 1. The normalized spacial score (nSPS) is 14.8. The van der Waals surface area contributed by atoms with Crippen LogP contribution in [0.25, 0.3) is 11.3 Å². The molecule has 0 radical (unpaired) electrons. The second-order valence-corrected chi connectivity index (χ2v) is 8.85. The largest absolute Gasteiger partial charge is 0.472 e. The fourth-order valence-corrected chi connectivity index (χ4v) is 4.69. The Balaban J connectivity index is 1.40. The number of anilines is 1. The van der Waals surface area contributed by atoms with Gasteiger partial charge in [0.25, 0.3) is 5.91 Å². The minimum atomic E-state index is -0.120. The highest BCUT2D eigenvalue weighted by atomic mass is 32.1. The lowest BCUT2D eigenvalue weighted by Crippen LogP contribution is -2.41. The average molecular weight is 424 g/mol. The third-order valence-corrected chi connectivity index (χ3v) is 6.65. The van der Waals surface area contributed by atoms with Gasteiger partial charge in [-0.05, 0) is 24.8 Å². The molecule has 156 valence electrons. The summed E-state index contributed by atoms with van der Waals surface area (Å²) in [6.45, 7) is 5.40. The predicted molar refractivity (Wildman–Crippen MR) is 118 cm³/mol. The lowest BCUT2D eigenvalue weighted by molar-refractivity contribution is -0.121. The molecule has 1 aliphatic heterocycles. The van der Waals surface area contributed by atoms with Gasteiger partial charge in [-0.2, -0.15) is 0 Å². The van der Waals surface area contributed by atoms with Gasteiger partial charge in [-0.25, -0.2) is 4.98 Å². The Morgan fingerprint density at radius 3 is 2.53 bits per heavy atom. The number of likely N-dealkylation sites (tertiary alicyclic amines) is 1. The topological polar surface area (TPSA) is 75.4 Å². The van der Waals surface area contributed by atoms with Gasteiger partial charge in [-0.3, -0.25) is 9.59 Å². The molecule has 1 saturated heterocycles. The van der Waals surface area contributed by atoms with Crippen LogP contribution >= 0.6 is 11.3 Å². The van der Waals surface area contributed by atoms with Crippen LogP contribution < -0.4 is 5.32 Å². The SMILES string of the molecule is CC(C)c1sc(NC(=O)C2CCN(C(=O)c3ccoc3)CC2)nc1-c1ccccc1. The molecular weight excluding hydrogens is 398 g/mol. The van der Waals surface area contributed by atoms with E-state index in [0.717, 1.165) is 16.1 Å². The van der Waals surface area contributed by atoms with Crippen molar-refractivity contribution in [3.63, 3.8) is 0 Å². The van der Waals surface area contributed by atoms with Gasteiger partial charge >= 0.3 is 0 Å². The van der Waals surface area contributed by atoms with Crippen molar-refractivity contribution < 1.29 is 14.0 Å². The molecule has 3 heterocycles. The summed E-state index contributed by atoms with van der Waals surface area (Å²) in [5, 5.41) is 3.66. The Labute approximate surface area is 179 Å². The standard InChI is InChI=1S/C23H25N3O3S/c1-15(2)20-19(16-6-4-3-5-7-16)24-23(30-20)25-21(27)17-8-11-26(12-9-17)22(28)18-10-13-29-14-18/h3-7,10,13-15,17H,8-9,11-12H2,1-2H3,(H,24,25,27). The molecule has 30 heavy (non-hydrogen) atoms. The second-order valence-electron chi connectivity index (χ2n) is 7.82. The van der Waals surface area contributed by atoms with E-state index < -0.39 is 0 Å². The molecule has 6 nitrogen and oxygen atoms in total. The van der Waals surface area contributed by atoms with Crippen molar-refractivity contribution in [2.24, 2.45) is 5.92 Å². The van der Waals surface area contributed by atoms with Crippen molar-refractivity contribution >= 4 is 28.3 Å². The van der Waals surface area contributed by atoms with Gasteiger partial charge < -0.3 is 14.6 Å². The number of rotatable bonds is 5. The number of nitrogens with one attached hydrogen (secondary N) is 1. The molecule has 0 spiro atoms. The molecule has 4 rings (SSSR count). The summed E-state index contributed by atoms with van der Waals surface area (Å²) in [4.78, 5) is 32.9. The lowest BCUT2D eigenvalue weighted by Gasteiger charge is -2.30. The Hall–Kier alpha value is -2.93. The maximum absolute atomic E-state index is 12.8. The summed E-state index contributed by atoms with van der Waals surface area (Å²) < 4.78 is 5.00. The number of thiazole rings is 1. The van der Waals surface area contributed by atoms with Crippen LogP contribution in [0.4, 0.5) is 5.13 Å². The van der Waals surface area contributed by atoms with Gasteiger partial charge in [0.2, 0.25) is 5.91 Å². The number of carbonyl (C=O) groups excluding carboxylic acids is 2. The highest BCUT2D eigenvalue weighted by Gasteiger charge is 2.29. The van der Waals surface area contributed by atoms with Crippen molar-refractivity contribution in [3.05, 3.63) is 59.4 Å². The summed E-state index contributed by atoms with van der Waals surface area (Å²) >= 11 is 1.54. The molecule has 1 aromatic carbocycles. The van der Waals surface area contributed by atoms with Crippen LogP contribution in [0.15, 0.2) is 53.3 Å². The first-order chi connectivity index (χ1) is 14.5. The summed E-state index contributed by atoms with van der Waals surface area (Å²) in [5.74, 6) is 0.135. The zero-order chi connectivity index (χ0) is 21.1. The average Bonchev–Trinajstić information content (AvgIpc) is 3.44. The van der Waals surface area contributed by atoms with E-state index in [4.69, 9.17) is 9.40 Å². The van der Waals surface area contributed by atoms with E-state index in [1.165, 1.54) is 12.5 Å². The van der Waals surface area contributed by atoms with E-state index in [0.29, 0.717) is 42.5 Å². The van der Waals surface area contributed by atoms with Crippen LogP contribution in [0.3, 0.4) is 0 Å². The van der Waals surface area contributed by atoms with Crippen molar-refractivity contribution in [1.82, 2.24) is 9.88 Å². The number of carbonyl (C=O) groups is 2. The number of amides is 2. The van der Waals surface area contributed by atoms with Gasteiger partial charge in [0.05, 0.1) is 17.5 Å². The Morgan fingerprint density at radius 1 is 1.17 bits per heavy atom. The molecule has 0 saturated carbocycles. The number of hydrogen-bond donors (Lipinski definition) is 1. The highest BCUT2D eigenvalue weighted by molar-refractivity contribution is 7.16. The third-order valence-electron chi connectivity index (χ3n) is 5.38. The van der Waals surface area contributed by atoms with E-state index in [1.807, 2.05) is 30.3 Å². The van der Waals surface area contributed by atoms with Crippen molar-refractivity contribution in [3.8, 4) is 11.3 Å². The van der Waals surface area contributed by atoms with Gasteiger partial charge in [-0.15, -0.1) is 11.3 Å². The number of hydrogen-bond acceptors (Lipinski definition) is 5. The minimum absolute atomic E-state index is 0.0194. The minimum Gasteiger partial charge on any atom is -0.472 e. The van der Waals surface area contributed by atoms with Crippen LogP contribution in [0.1, 0.15) is 47.8 Å². The lowest BCUT2D eigenvalue weighted by atomic mass is 9.95. The maximum Gasteiger partial charge on any atom is 0.257 e. The Bertz CT molecular complexity index is 1000. The first-order valence-electron chi connectivity index (χ1n) is 10.2. The highest BCUT2D eigenvalue weighted by Crippen LogP contribution is 2.36. The van der Waals surface area contributed by atoms with Gasteiger partial charge in [0.15, 0.2) is 5.13 Å². The van der Waals surface area contributed by atoms with Crippen LogP contribution in [0.5, 0.6) is 0 Å². The molecule has 1 fully saturated rings. The number of piperidine rings is 1.